The van der Waals surface area contributed by atoms with Crippen molar-refractivity contribution < 1.29 is 14.3 Å². The number of carbonyl (C=O) groups is 1. The minimum Gasteiger partial charge on any atom is -0.497 e. The first-order valence-electron chi connectivity index (χ1n) is 7.96. The Morgan fingerprint density at radius 1 is 1.11 bits per heavy atom. The third kappa shape index (κ3) is 6.92. The highest BCUT2D eigenvalue weighted by Crippen LogP contribution is 2.28. The van der Waals surface area contributed by atoms with Gasteiger partial charge < -0.3 is 25.8 Å². The normalized spacial score (nSPS) is 10.6. The molecule has 2 rings (SSSR count). The molecule has 0 atom stereocenters. The Morgan fingerprint density at radius 2 is 1.86 bits per heavy atom. The molecule has 2 aromatic rings. The summed E-state index contributed by atoms with van der Waals surface area (Å²) in [6.45, 7) is 0.592. The number of carbonyl (C=O) groups excluding carboxylic acids is 1. The second-order valence-electron chi connectivity index (χ2n) is 5.34. The lowest BCUT2D eigenvalue weighted by Crippen LogP contribution is -2.28. The van der Waals surface area contributed by atoms with E-state index in [1.54, 1.807) is 44.6 Å². The van der Waals surface area contributed by atoms with Crippen LogP contribution in [0.5, 0.6) is 11.5 Å². The van der Waals surface area contributed by atoms with Gasteiger partial charge in [0.25, 0.3) is 5.91 Å². The highest BCUT2D eigenvalue weighted by molar-refractivity contribution is 14.0. The Hall–Kier alpha value is -1.91. The van der Waals surface area contributed by atoms with Crippen LogP contribution in [0.25, 0.3) is 0 Å². The number of halogens is 3. The number of methoxy groups -OCH3 is 2. The number of nitrogens with zero attached hydrogens (tertiary/aromatic N) is 1. The van der Waals surface area contributed by atoms with Gasteiger partial charge in [-0.3, -0.25) is 9.79 Å². The first-order chi connectivity index (χ1) is 12.9. The van der Waals surface area contributed by atoms with Crippen LogP contribution in [-0.2, 0) is 0 Å². The van der Waals surface area contributed by atoms with Gasteiger partial charge in [0.15, 0.2) is 5.96 Å². The number of hydrogen-bond acceptors (Lipinski definition) is 4. The van der Waals surface area contributed by atoms with E-state index >= 15 is 0 Å². The molecule has 0 heterocycles. The molecule has 0 aliphatic rings. The van der Waals surface area contributed by atoms with E-state index in [0.717, 1.165) is 0 Å². The molecular formula is C18H21Cl2IN4O3. The Morgan fingerprint density at radius 3 is 2.50 bits per heavy atom. The fourth-order valence-corrected chi connectivity index (χ4v) is 2.47. The SMILES string of the molecule is COc1ccc(OC)c(NC(N)=NCCNC(=O)c2ccc(Cl)c(Cl)c2)c1.I. The Balaban J connectivity index is 0.00000392. The minimum absolute atomic E-state index is 0. The van der Waals surface area contributed by atoms with E-state index in [1.807, 2.05) is 0 Å². The van der Waals surface area contributed by atoms with Gasteiger partial charge in [0.1, 0.15) is 11.5 Å². The molecule has 0 aromatic heterocycles. The molecule has 7 nitrogen and oxygen atoms in total. The summed E-state index contributed by atoms with van der Waals surface area (Å²) < 4.78 is 10.4. The van der Waals surface area contributed by atoms with Gasteiger partial charge >= 0.3 is 0 Å². The molecule has 0 aliphatic carbocycles. The van der Waals surface area contributed by atoms with Crippen LogP contribution in [0.2, 0.25) is 10.0 Å². The van der Waals surface area contributed by atoms with Crippen molar-refractivity contribution in [1.82, 2.24) is 5.32 Å². The Labute approximate surface area is 190 Å². The summed E-state index contributed by atoms with van der Waals surface area (Å²) >= 11 is 11.7. The molecule has 0 aliphatic heterocycles. The van der Waals surface area contributed by atoms with Crippen molar-refractivity contribution in [2.24, 2.45) is 10.7 Å². The maximum atomic E-state index is 12.1. The highest BCUT2D eigenvalue weighted by atomic mass is 127. The molecule has 1 amide bonds. The zero-order valence-corrected chi connectivity index (χ0v) is 19.1. The van der Waals surface area contributed by atoms with Crippen molar-refractivity contribution in [3.05, 3.63) is 52.0 Å². The smallest absolute Gasteiger partial charge is 0.251 e. The summed E-state index contributed by atoms with van der Waals surface area (Å²) in [6.07, 6.45) is 0. The third-order valence-corrected chi connectivity index (χ3v) is 4.27. The number of hydrogen-bond donors (Lipinski definition) is 3. The molecular weight excluding hydrogens is 518 g/mol. The lowest BCUT2D eigenvalue weighted by Gasteiger charge is -2.12. The van der Waals surface area contributed by atoms with Gasteiger partial charge in [-0.15, -0.1) is 24.0 Å². The summed E-state index contributed by atoms with van der Waals surface area (Å²) in [5.41, 5.74) is 6.92. The molecule has 0 fully saturated rings. The van der Waals surface area contributed by atoms with Crippen molar-refractivity contribution in [2.45, 2.75) is 0 Å². The second kappa shape index (κ2) is 11.8. The van der Waals surface area contributed by atoms with Crippen molar-refractivity contribution in [3.8, 4) is 11.5 Å². The van der Waals surface area contributed by atoms with Crippen LogP contribution in [0.15, 0.2) is 41.4 Å². The Kier molecular flexibility index (Phi) is 10.2. The number of rotatable bonds is 7. The molecule has 152 valence electrons. The van der Waals surface area contributed by atoms with Crippen molar-refractivity contribution in [2.75, 3.05) is 32.6 Å². The number of amides is 1. The van der Waals surface area contributed by atoms with Crippen LogP contribution < -0.4 is 25.8 Å². The van der Waals surface area contributed by atoms with Crippen LogP contribution in [0.1, 0.15) is 10.4 Å². The second-order valence-corrected chi connectivity index (χ2v) is 6.16. The average Bonchev–Trinajstić information content (AvgIpc) is 2.67. The van der Waals surface area contributed by atoms with E-state index < -0.39 is 0 Å². The lowest BCUT2D eigenvalue weighted by atomic mass is 10.2. The quantitative estimate of drug-likeness (QED) is 0.216. The number of ether oxygens (including phenoxy) is 2. The zero-order chi connectivity index (χ0) is 19.8. The third-order valence-electron chi connectivity index (χ3n) is 3.53. The summed E-state index contributed by atoms with van der Waals surface area (Å²) in [6, 6.07) is 9.95. The van der Waals surface area contributed by atoms with E-state index in [-0.39, 0.29) is 42.4 Å². The molecule has 28 heavy (non-hydrogen) atoms. The van der Waals surface area contributed by atoms with Gasteiger partial charge in [-0.1, -0.05) is 23.2 Å². The van der Waals surface area contributed by atoms with E-state index in [4.69, 9.17) is 38.4 Å². The van der Waals surface area contributed by atoms with Gasteiger partial charge in [0, 0.05) is 18.2 Å². The first kappa shape index (κ1) is 24.1. The summed E-state index contributed by atoms with van der Waals surface area (Å²) in [5, 5.41) is 6.39. The number of benzene rings is 2. The lowest BCUT2D eigenvalue weighted by molar-refractivity contribution is 0.0955. The fourth-order valence-electron chi connectivity index (χ4n) is 2.17. The van der Waals surface area contributed by atoms with Crippen molar-refractivity contribution in [1.29, 1.82) is 0 Å². The maximum absolute atomic E-state index is 12.1. The molecule has 4 N–H and O–H groups in total. The molecule has 10 heteroatoms. The van der Waals surface area contributed by atoms with Gasteiger partial charge in [0.2, 0.25) is 0 Å². The van der Waals surface area contributed by atoms with Crippen LogP contribution in [-0.4, -0.2) is 39.2 Å². The predicted molar refractivity (Wildman–Crippen MR) is 124 cm³/mol. The summed E-state index contributed by atoms with van der Waals surface area (Å²) in [4.78, 5) is 16.2. The van der Waals surface area contributed by atoms with E-state index in [0.29, 0.717) is 39.3 Å². The Bertz CT molecular complexity index is 850. The van der Waals surface area contributed by atoms with Crippen LogP contribution in [0.4, 0.5) is 5.69 Å². The van der Waals surface area contributed by atoms with E-state index in [2.05, 4.69) is 15.6 Å². The highest BCUT2D eigenvalue weighted by Gasteiger charge is 2.08. The van der Waals surface area contributed by atoms with Crippen LogP contribution in [0.3, 0.4) is 0 Å². The van der Waals surface area contributed by atoms with Gasteiger partial charge in [-0.2, -0.15) is 0 Å². The monoisotopic (exact) mass is 538 g/mol. The molecule has 2 aromatic carbocycles. The van der Waals surface area contributed by atoms with Crippen molar-refractivity contribution >= 4 is 64.7 Å². The van der Waals surface area contributed by atoms with Gasteiger partial charge in [0.05, 0.1) is 36.5 Å². The number of aliphatic imine (C=N–C) groups is 1. The van der Waals surface area contributed by atoms with Crippen LogP contribution in [0, 0.1) is 0 Å². The topological polar surface area (TPSA) is 98.0 Å². The molecule has 0 saturated heterocycles. The summed E-state index contributed by atoms with van der Waals surface area (Å²) in [7, 11) is 3.12. The predicted octanol–water partition coefficient (Wildman–Crippen LogP) is 3.79. The zero-order valence-electron chi connectivity index (χ0n) is 15.3. The van der Waals surface area contributed by atoms with E-state index in [1.165, 1.54) is 6.07 Å². The molecule has 0 unspecified atom stereocenters. The molecule has 0 bridgehead atoms. The number of anilines is 1. The number of guanidine groups is 1. The number of nitrogens with one attached hydrogen (secondary N) is 2. The van der Waals surface area contributed by atoms with E-state index in [9.17, 15) is 4.79 Å². The molecule has 0 saturated carbocycles. The average molecular weight is 539 g/mol. The van der Waals surface area contributed by atoms with Crippen LogP contribution >= 0.6 is 47.2 Å². The summed E-state index contributed by atoms with van der Waals surface area (Å²) in [5.74, 6) is 1.16. The van der Waals surface area contributed by atoms with Gasteiger partial charge in [-0.25, -0.2) is 0 Å². The number of nitrogens with two attached hydrogens (primary N) is 1. The fraction of sp³-hybridized carbons (Fsp3) is 0.222. The van der Waals surface area contributed by atoms with Gasteiger partial charge in [-0.05, 0) is 30.3 Å². The first-order valence-corrected chi connectivity index (χ1v) is 8.72. The standard InChI is InChI=1S/C18H20Cl2N4O3.HI/c1-26-12-4-6-16(27-2)15(10-12)24-18(21)23-8-7-22-17(25)11-3-5-13(19)14(20)9-11;/h3-6,9-10H,7-8H2,1-2H3,(H,22,25)(H3,21,23,24);1H. The largest absolute Gasteiger partial charge is 0.497 e. The molecule has 0 radical (unpaired) electrons. The molecule has 0 spiro atoms. The minimum atomic E-state index is -0.273. The van der Waals surface area contributed by atoms with Crippen molar-refractivity contribution in [3.63, 3.8) is 0 Å². The maximum Gasteiger partial charge on any atom is 0.251 e.